The highest BCUT2D eigenvalue weighted by Crippen LogP contribution is 2.36. The fourth-order valence-electron chi connectivity index (χ4n) is 3.89. The number of amides is 2. The number of furan rings is 1. The second kappa shape index (κ2) is 10.7. The summed E-state index contributed by atoms with van der Waals surface area (Å²) in [6.07, 6.45) is 4.82. The number of benzene rings is 1. The molecule has 1 fully saturated rings. The molecule has 11 heteroatoms. The Morgan fingerprint density at radius 1 is 1.21 bits per heavy atom. The summed E-state index contributed by atoms with van der Waals surface area (Å²) in [5.74, 6) is 0.319. The number of aromatic nitrogens is 2. The number of carbonyl (C=O) groups is 1. The van der Waals surface area contributed by atoms with Crippen LogP contribution in [0.5, 0.6) is 0 Å². The summed E-state index contributed by atoms with van der Waals surface area (Å²) < 4.78 is 36.7. The van der Waals surface area contributed by atoms with Crippen molar-refractivity contribution in [2.75, 3.05) is 18.4 Å². The number of nitrogens with one attached hydrogen (secondary N) is 2. The van der Waals surface area contributed by atoms with Crippen molar-refractivity contribution in [1.29, 1.82) is 0 Å². The number of fused-ring (bicyclic) bond motifs is 1. The molecule has 34 heavy (non-hydrogen) atoms. The molecular weight excluding hydrogens is 461 g/mol. The smallest absolute Gasteiger partial charge is 0.335 e. The van der Waals surface area contributed by atoms with E-state index >= 15 is 0 Å². The Balaban J connectivity index is 0.00000103. The van der Waals surface area contributed by atoms with Gasteiger partial charge in [-0.15, -0.1) is 0 Å². The SMILES string of the molecule is Cc1ccc(Nc2ncnc3c(C4CCN(C(=O)NC(C)(C)C)CC4)coc23)c(F)c1.O=S=O. The fraction of sp³-hybridized carbons (Fsp3) is 0.435. The van der Waals surface area contributed by atoms with Crippen molar-refractivity contribution >= 4 is 40.2 Å². The predicted molar refractivity (Wildman–Crippen MR) is 127 cm³/mol. The predicted octanol–water partition coefficient (Wildman–Crippen LogP) is 4.43. The van der Waals surface area contributed by atoms with Crippen molar-refractivity contribution in [2.24, 2.45) is 0 Å². The molecule has 2 amide bonds. The lowest BCUT2D eigenvalue weighted by Crippen LogP contribution is -2.50. The van der Waals surface area contributed by atoms with Crippen molar-refractivity contribution in [3.63, 3.8) is 0 Å². The minimum absolute atomic E-state index is 0.0306. The van der Waals surface area contributed by atoms with E-state index < -0.39 is 11.6 Å². The maximum Gasteiger partial charge on any atom is 0.335 e. The van der Waals surface area contributed by atoms with E-state index in [2.05, 4.69) is 20.6 Å². The Labute approximate surface area is 200 Å². The van der Waals surface area contributed by atoms with Gasteiger partial charge in [0, 0.05) is 24.2 Å². The molecule has 0 aliphatic carbocycles. The topological polar surface area (TPSA) is 117 Å². The largest absolute Gasteiger partial charge is 0.458 e. The molecule has 1 saturated heterocycles. The summed E-state index contributed by atoms with van der Waals surface area (Å²) in [5.41, 5.74) is 3.15. The maximum absolute atomic E-state index is 14.3. The third kappa shape index (κ3) is 6.16. The Kier molecular flexibility index (Phi) is 7.98. The molecule has 0 saturated carbocycles. The van der Waals surface area contributed by atoms with E-state index in [0.717, 1.165) is 29.5 Å². The summed E-state index contributed by atoms with van der Waals surface area (Å²) in [7, 11) is 0. The van der Waals surface area contributed by atoms with Crippen molar-refractivity contribution in [3.8, 4) is 0 Å². The van der Waals surface area contributed by atoms with Gasteiger partial charge in [-0.3, -0.25) is 0 Å². The number of carbonyl (C=O) groups excluding carboxylic acids is 1. The Bertz CT molecular complexity index is 1200. The molecule has 2 aromatic heterocycles. The van der Waals surface area contributed by atoms with Gasteiger partial charge >= 0.3 is 17.6 Å². The number of hydrogen-bond acceptors (Lipinski definition) is 7. The van der Waals surface area contributed by atoms with E-state index in [1.165, 1.54) is 12.4 Å². The third-order valence-electron chi connectivity index (χ3n) is 5.46. The third-order valence-corrected chi connectivity index (χ3v) is 5.46. The molecule has 3 heterocycles. The molecular formula is C23H28FN5O4S. The molecule has 0 bridgehead atoms. The first-order chi connectivity index (χ1) is 16.1. The Hall–Kier alpha value is -3.34. The van der Waals surface area contributed by atoms with Gasteiger partial charge in [-0.25, -0.2) is 19.2 Å². The average Bonchev–Trinajstić information content (AvgIpc) is 3.20. The maximum atomic E-state index is 14.3. The number of halogens is 1. The molecule has 0 atom stereocenters. The van der Waals surface area contributed by atoms with Crippen LogP contribution in [-0.4, -0.2) is 47.9 Å². The summed E-state index contributed by atoms with van der Waals surface area (Å²) in [6, 6.07) is 4.96. The van der Waals surface area contributed by atoms with Crippen LogP contribution in [0.2, 0.25) is 0 Å². The number of piperidine rings is 1. The standard InChI is InChI=1S/C23H28FN5O2.O2S/c1-14-5-6-18(17(24)11-14)27-21-20-19(25-13-26-21)16(12-31-20)15-7-9-29(10-8-15)22(30)28-23(2,3)4;1-3-2/h5-6,11-13,15H,7-10H2,1-4H3,(H,28,30)(H,25,26,27);. The van der Waals surface area contributed by atoms with Gasteiger partial charge in [0.15, 0.2) is 11.4 Å². The fourth-order valence-corrected chi connectivity index (χ4v) is 3.89. The molecule has 1 aliphatic heterocycles. The minimum Gasteiger partial charge on any atom is -0.458 e. The average molecular weight is 490 g/mol. The second-order valence-electron chi connectivity index (χ2n) is 9.21. The van der Waals surface area contributed by atoms with Gasteiger partial charge in [-0.05, 0) is 64.2 Å². The summed E-state index contributed by atoms with van der Waals surface area (Å²) in [5, 5.41) is 6.04. The van der Waals surface area contributed by atoms with Gasteiger partial charge in [-0.2, -0.15) is 8.42 Å². The van der Waals surface area contributed by atoms with Crippen LogP contribution < -0.4 is 10.6 Å². The molecule has 182 valence electrons. The monoisotopic (exact) mass is 489 g/mol. The van der Waals surface area contributed by atoms with Crippen LogP contribution in [-0.2, 0) is 11.6 Å². The van der Waals surface area contributed by atoms with E-state index in [-0.39, 0.29) is 23.3 Å². The van der Waals surface area contributed by atoms with Crippen molar-refractivity contribution in [2.45, 2.75) is 52.0 Å². The highest BCUT2D eigenvalue weighted by Gasteiger charge is 2.28. The van der Waals surface area contributed by atoms with E-state index in [1.807, 2.05) is 38.7 Å². The minimum atomic E-state index is -0.750. The normalized spacial score (nSPS) is 14.3. The van der Waals surface area contributed by atoms with Crippen LogP contribution in [0.1, 0.15) is 50.7 Å². The molecule has 0 spiro atoms. The van der Waals surface area contributed by atoms with Gasteiger partial charge < -0.3 is 20.0 Å². The van der Waals surface area contributed by atoms with Gasteiger partial charge in [0.1, 0.15) is 17.7 Å². The number of rotatable bonds is 3. The van der Waals surface area contributed by atoms with Crippen LogP contribution in [0.4, 0.5) is 20.7 Å². The Morgan fingerprint density at radius 3 is 2.50 bits per heavy atom. The Morgan fingerprint density at radius 2 is 1.88 bits per heavy atom. The number of nitrogens with zero attached hydrogens (tertiary/aromatic N) is 3. The van der Waals surface area contributed by atoms with Crippen LogP contribution in [0.25, 0.3) is 11.1 Å². The lowest BCUT2D eigenvalue weighted by Gasteiger charge is -2.34. The van der Waals surface area contributed by atoms with Crippen molar-refractivity contribution in [3.05, 3.63) is 47.7 Å². The molecule has 4 rings (SSSR count). The molecule has 1 aliphatic rings. The number of aryl methyl sites for hydroxylation is 1. The number of urea groups is 1. The number of hydrogen-bond donors (Lipinski definition) is 2. The zero-order chi connectivity index (χ0) is 24.9. The molecule has 9 nitrogen and oxygen atoms in total. The lowest BCUT2D eigenvalue weighted by molar-refractivity contribution is 0.173. The van der Waals surface area contributed by atoms with E-state index in [4.69, 9.17) is 12.8 Å². The van der Waals surface area contributed by atoms with Gasteiger partial charge in [-0.1, -0.05) is 6.07 Å². The summed E-state index contributed by atoms with van der Waals surface area (Å²) >= 11 is -0.750. The first kappa shape index (κ1) is 25.3. The zero-order valence-corrected chi connectivity index (χ0v) is 20.4. The highest BCUT2D eigenvalue weighted by molar-refractivity contribution is 7.51. The first-order valence-electron chi connectivity index (χ1n) is 10.9. The van der Waals surface area contributed by atoms with Crippen LogP contribution in [0, 0.1) is 12.7 Å². The second-order valence-corrected chi connectivity index (χ2v) is 9.34. The van der Waals surface area contributed by atoms with Gasteiger partial charge in [0.25, 0.3) is 0 Å². The van der Waals surface area contributed by atoms with E-state index in [0.29, 0.717) is 30.2 Å². The van der Waals surface area contributed by atoms with Gasteiger partial charge in [0.05, 0.1) is 12.0 Å². The van der Waals surface area contributed by atoms with Crippen LogP contribution >= 0.6 is 0 Å². The van der Waals surface area contributed by atoms with Crippen LogP contribution in [0.15, 0.2) is 35.2 Å². The first-order valence-corrected chi connectivity index (χ1v) is 11.5. The molecule has 0 radical (unpaired) electrons. The van der Waals surface area contributed by atoms with E-state index in [1.54, 1.807) is 12.3 Å². The molecule has 2 N–H and O–H groups in total. The number of likely N-dealkylation sites (tertiary alicyclic amines) is 1. The molecule has 3 aromatic rings. The number of anilines is 2. The zero-order valence-electron chi connectivity index (χ0n) is 19.6. The van der Waals surface area contributed by atoms with E-state index in [9.17, 15) is 9.18 Å². The summed E-state index contributed by atoms with van der Waals surface area (Å²) in [4.78, 5) is 23.0. The van der Waals surface area contributed by atoms with Crippen molar-refractivity contribution in [1.82, 2.24) is 20.2 Å². The molecule has 0 unspecified atom stereocenters. The summed E-state index contributed by atoms with van der Waals surface area (Å²) in [6.45, 7) is 9.11. The van der Waals surface area contributed by atoms with Crippen LogP contribution in [0.3, 0.4) is 0 Å². The molecule has 1 aromatic carbocycles. The lowest BCUT2D eigenvalue weighted by atomic mass is 9.90. The quantitative estimate of drug-likeness (QED) is 0.559. The van der Waals surface area contributed by atoms with Gasteiger partial charge in [0.2, 0.25) is 0 Å². The van der Waals surface area contributed by atoms with Crippen molar-refractivity contribution < 1.29 is 22.0 Å². The highest BCUT2D eigenvalue weighted by atomic mass is 32.1.